The van der Waals surface area contributed by atoms with Crippen molar-refractivity contribution in [3.05, 3.63) is 40.7 Å². The Balaban J connectivity index is 1.53. The lowest BCUT2D eigenvalue weighted by Crippen LogP contribution is -2.45. The molecule has 4 nitrogen and oxygen atoms in total. The van der Waals surface area contributed by atoms with Crippen molar-refractivity contribution in [1.29, 1.82) is 0 Å². The molecule has 0 spiro atoms. The Morgan fingerprint density at radius 2 is 1.88 bits per heavy atom. The third kappa shape index (κ3) is 3.32. The molecule has 2 fully saturated rings. The lowest BCUT2D eigenvalue weighted by molar-refractivity contribution is 0.0514. The fourth-order valence-corrected chi connectivity index (χ4v) is 4.37. The van der Waals surface area contributed by atoms with Gasteiger partial charge in [-0.2, -0.15) is 0 Å². The van der Waals surface area contributed by atoms with Gasteiger partial charge in [0.1, 0.15) is 5.76 Å². The van der Waals surface area contributed by atoms with Crippen LogP contribution in [0, 0.1) is 18.8 Å². The first-order valence-corrected chi connectivity index (χ1v) is 9.52. The number of likely N-dealkylation sites (tertiary alicyclic amines) is 1. The van der Waals surface area contributed by atoms with Crippen LogP contribution in [0.5, 0.6) is 0 Å². The van der Waals surface area contributed by atoms with Gasteiger partial charge in [0.05, 0.1) is 0 Å². The predicted octanol–water partition coefficient (Wildman–Crippen LogP) is 4.96. The zero-order chi connectivity index (χ0) is 17.4. The minimum absolute atomic E-state index is 0.00508. The Labute approximate surface area is 153 Å². The lowest BCUT2D eigenvalue weighted by atomic mass is 9.75. The predicted molar refractivity (Wildman–Crippen MR) is 97.7 cm³/mol. The molecule has 4 rings (SSSR count). The number of aromatic nitrogens is 1. The first-order chi connectivity index (χ1) is 12.1. The van der Waals surface area contributed by atoms with E-state index in [0.717, 1.165) is 31.0 Å². The molecule has 1 aliphatic heterocycles. The van der Waals surface area contributed by atoms with Crippen LogP contribution >= 0.6 is 11.6 Å². The van der Waals surface area contributed by atoms with Gasteiger partial charge in [-0.15, -0.1) is 0 Å². The van der Waals surface area contributed by atoms with Crippen molar-refractivity contribution in [2.75, 3.05) is 13.1 Å². The van der Waals surface area contributed by atoms with Crippen molar-refractivity contribution in [1.82, 2.24) is 9.88 Å². The molecule has 2 atom stereocenters. The molecular weight excluding hydrogens is 336 g/mol. The van der Waals surface area contributed by atoms with E-state index in [2.05, 4.69) is 4.98 Å². The fourth-order valence-electron chi connectivity index (χ4n) is 4.25. The molecule has 5 heteroatoms. The van der Waals surface area contributed by atoms with Gasteiger partial charge in [0, 0.05) is 23.7 Å². The number of halogens is 1. The Bertz CT molecular complexity index is 769. The second-order valence-electron chi connectivity index (χ2n) is 7.28. The van der Waals surface area contributed by atoms with E-state index in [1.54, 1.807) is 12.1 Å². The first-order valence-electron chi connectivity index (χ1n) is 9.14. The van der Waals surface area contributed by atoms with E-state index in [1.807, 2.05) is 24.0 Å². The van der Waals surface area contributed by atoms with E-state index in [-0.39, 0.29) is 5.91 Å². The number of oxazole rings is 1. The highest BCUT2D eigenvalue weighted by Crippen LogP contribution is 2.36. The zero-order valence-corrected chi connectivity index (χ0v) is 15.3. The average Bonchev–Trinajstić information content (AvgIpc) is 3.03. The normalized spacial score (nSPS) is 23.4. The minimum Gasteiger partial charge on any atom is -0.441 e. The van der Waals surface area contributed by atoms with Gasteiger partial charge in [0.2, 0.25) is 5.89 Å². The highest BCUT2D eigenvalue weighted by Gasteiger charge is 2.34. The highest BCUT2D eigenvalue weighted by atomic mass is 35.5. The summed E-state index contributed by atoms with van der Waals surface area (Å²) >= 11 is 5.93. The van der Waals surface area contributed by atoms with E-state index < -0.39 is 0 Å². The van der Waals surface area contributed by atoms with Crippen molar-refractivity contribution in [3.8, 4) is 11.5 Å². The van der Waals surface area contributed by atoms with Crippen molar-refractivity contribution >= 4 is 17.5 Å². The molecule has 1 amide bonds. The van der Waals surface area contributed by atoms with E-state index in [4.69, 9.17) is 16.0 Å². The third-order valence-electron chi connectivity index (χ3n) is 5.67. The molecule has 0 radical (unpaired) electrons. The van der Waals surface area contributed by atoms with Crippen LogP contribution in [0.3, 0.4) is 0 Å². The molecule has 0 bridgehead atoms. The van der Waals surface area contributed by atoms with E-state index in [1.165, 1.54) is 25.7 Å². The summed E-state index contributed by atoms with van der Waals surface area (Å²) < 4.78 is 5.76. The quantitative estimate of drug-likeness (QED) is 0.762. The Hall–Kier alpha value is -1.81. The number of rotatable bonds is 2. The molecule has 1 aliphatic carbocycles. The molecule has 1 saturated heterocycles. The van der Waals surface area contributed by atoms with Gasteiger partial charge in [-0.25, -0.2) is 4.98 Å². The van der Waals surface area contributed by atoms with Gasteiger partial charge in [-0.3, -0.25) is 4.79 Å². The van der Waals surface area contributed by atoms with Gasteiger partial charge < -0.3 is 9.32 Å². The number of piperidine rings is 1. The number of carbonyl (C=O) groups is 1. The Morgan fingerprint density at radius 1 is 1.16 bits per heavy atom. The van der Waals surface area contributed by atoms with Crippen LogP contribution in [0.2, 0.25) is 5.02 Å². The molecule has 1 aromatic carbocycles. The molecule has 25 heavy (non-hydrogen) atoms. The third-order valence-corrected chi connectivity index (χ3v) is 5.92. The number of benzene rings is 1. The monoisotopic (exact) mass is 358 g/mol. The summed E-state index contributed by atoms with van der Waals surface area (Å²) in [6.45, 7) is 3.52. The van der Waals surface area contributed by atoms with Crippen LogP contribution in [0.1, 0.15) is 48.4 Å². The van der Waals surface area contributed by atoms with Crippen molar-refractivity contribution < 1.29 is 9.21 Å². The van der Waals surface area contributed by atoms with E-state index in [9.17, 15) is 4.79 Å². The van der Waals surface area contributed by atoms with Gasteiger partial charge in [0.15, 0.2) is 5.69 Å². The van der Waals surface area contributed by atoms with E-state index >= 15 is 0 Å². The number of fused-ring (bicyclic) bond motifs is 1. The summed E-state index contributed by atoms with van der Waals surface area (Å²) in [5.41, 5.74) is 1.27. The van der Waals surface area contributed by atoms with Gasteiger partial charge >= 0.3 is 0 Å². The van der Waals surface area contributed by atoms with Crippen LogP contribution in [0.4, 0.5) is 0 Å². The van der Waals surface area contributed by atoms with Crippen molar-refractivity contribution in [2.24, 2.45) is 11.8 Å². The average molecular weight is 359 g/mol. The van der Waals surface area contributed by atoms with Crippen LogP contribution < -0.4 is 0 Å². The SMILES string of the molecule is Cc1oc(-c2ccc(Cl)cc2)nc1C(=O)N1CCC2CCCCC2C1. The lowest BCUT2D eigenvalue weighted by Gasteiger charge is -2.41. The Morgan fingerprint density at radius 3 is 2.64 bits per heavy atom. The number of hydrogen-bond donors (Lipinski definition) is 0. The molecule has 0 N–H and O–H groups in total. The summed E-state index contributed by atoms with van der Waals surface area (Å²) in [7, 11) is 0. The van der Waals surface area contributed by atoms with E-state index in [0.29, 0.717) is 28.3 Å². The minimum atomic E-state index is 0.00508. The van der Waals surface area contributed by atoms with Gasteiger partial charge in [-0.05, 0) is 55.9 Å². The number of amides is 1. The molecular formula is C20H23ClN2O2. The topological polar surface area (TPSA) is 46.3 Å². The summed E-state index contributed by atoms with van der Waals surface area (Å²) in [6.07, 6.45) is 6.35. The van der Waals surface area contributed by atoms with Gasteiger partial charge in [-0.1, -0.05) is 30.9 Å². The summed E-state index contributed by atoms with van der Waals surface area (Å²) in [5.74, 6) is 2.53. The number of hydrogen-bond acceptors (Lipinski definition) is 3. The highest BCUT2D eigenvalue weighted by molar-refractivity contribution is 6.30. The summed E-state index contributed by atoms with van der Waals surface area (Å²) in [5, 5.41) is 0.665. The van der Waals surface area contributed by atoms with Crippen molar-refractivity contribution in [2.45, 2.75) is 39.0 Å². The second kappa shape index (κ2) is 6.83. The fraction of sp³-hybridized carbons (Fsp3) is 0.500. The van der Waals surface area contributed by atoms with Crippen LogP contribution in [-0.4, -0.2) is 28.9 Å². The van der Waals surface area contributed by atoms with Crippen LogP contribution in [0.15, 0.2) is 28.7 Å². The number of nitrogens with zero attached hydrogens (tertiary/aromatic N) is 2. The van der Waals surface area contributed by atoms with Crippen LogP contribution in [-0.2, 0) is 0 Å². The smallest absolute Gasteiger partial charge is 0.276 e. The maximum Gasteiger partial charge on any atom is 0.276 e. The summed E-state index contributed by atoms with van der Waals surface area (Å²) in [4.78, 5) is 19.4. The maximum absolute atomic E-state index is 13.0. The molecule has 2 aromatic rings. The molecule has 132 valence electrons. The molecule has 2 heterocycles. The molecule has 2 unspecified atom stereocenters. The molecule has 2 aliphatic rings. The van der Waals surface area contributed by atoms with Gasteiger partial charge in [0.25, 0.3) is 5.91 Å². The molecule has 1 aromatic heterocycles. The van der Waals surface area contributed by atoms with Crippen LogP contribution in [0.25, 0.3) is 11.5 Å². The maximum atomic E-state index is 13.0. The largest absolute Gasteiger partial charge is 0.441 e. The number of carbonyl (C=O) groups excluding carboxylic acids is 1. The van der Waals surface area contributed by atoms with Crippen molar-refractivity contribution in [3.63, 3.8) is 0 Å². The summed E-state index contributed by atoms with van der Waals surface area (Å²) in [6, 6.07) is 7.31. The standard InChI is InChI=1S/C20H23ClN2O2/c1-13-18(22-19(25-13)15-6-8-17(21)9-7-15)20(24)23-11-10-14-4-2-3-5-16(14)12-23/h6-9,14,16H,2-5,10-12H2,1H3. The second-order valence-corrected chi connectivity index (χ2v) is 7.71. The molecule has 1 saturated carbocycles. The Kier molecular flexibility index (Phi) is 4.55. The number of aryl methyl sites for hydroxylation is 1. The first kappa shape index (κ1) is 16.6. The zero-order valence-electron chi connectivity index (χ0n) is 14.5.